The number of nitrogens with zero attached hydrogens (tertiary/aromatic N) is 1. The lowest BCUT2D eigenvalue weighted by molar-refractivity contribution is 0.267. The summed E-state index contributed by atoms with van der Waals surface area (Å²) >= 11 is 14.1. The van der Waals surface area contributed by atoms with Crippen molar-refractivity contribution in [3.63, 3.8) is 0 Å². The summed E-state index contributed by atoms with van der Waals surface area (Å²) in [5, 5.41) is 12.7. The molecule has 23 heavy (non-hydrogen) atoms. The van der Waals surface area contributed by atoms with Crippen molar-refractivity contribution in [3.8, 4) is 11.5 Å². The fourth-order valence-electron chi connectivity index (χ4n) is 1.92. The van der Waals surface area contributed by atoms with E-state index in [1.54, 1.807) is 18.2 Å². The van der Waals surface area contributed by atoms with Gasteiger partial charge in [-0.15, -0.1) is 0 Å². The summed E-state index contributed by atoms with van der Waals surface area (Å²) in [6.45, 7) is 2.72. The Balaban J connectivity index is 2.25. The molecule has 0 aliphatic rings. The molecule has 4 nitrogen and oxygen atoms in total. The minimum absolute atomic E-state index is 0.334. The van der Waals surface area contributed by atoms with E-state index < -0.39 is 0 Å². The predicted octanol–water partition coefficient (Wildman–Crippen LogP) is 5.38. The Morgan fingerprint density at radius 2 is 1.96 bits per heavy atom. The summed E-state index contributed by atoms with van der Waals surface area (Å²) in [6.07, 6.45) is 1.34. The molecule has 0 spiro atoms. The van der Waals surface area contributed by atoms with Crippen molar-refractivity contribution in [2.45, 2.75) is 13.5 Å². The van der Waals surface area contributed by atoms with Gasteiger partial charge in [0.05, 0.1) is 26.4 Å². The predicted molar refractivity (Wildman–Crippen MR) is 101 cm³/mol. The Morgan fingerprint density at radius 1 is 1.17 bits per heavy atom. The van der Waals surface area contributed by atoms with Gasteiger partial charge in [0, 0.05) is 5.56 Å². The molecule has 0 aliphatic carbocycles. The molecule has 2 aromatic carbocycles. The van der Waals surface area contributed by atoms with Crippen LogP contribution in [0.1, 0.15) is 18.1 Å². The van der Waals surface area contributed by atoms with Gasteiger partial charge in [0.25, 0.3) is 0 Å². The van der Waals surface area contributed by atoms with Gasteiger partial charge in [0.1, 0.15) is 6.61 Å². The average Bonchev–Trinajstić information content (AvgIpc) is 2.50. The van der Waals surface area contributed by atoms with E-state index in [2.05, 4.69) is 27.7 Å². The maximum atomic E-state index is 8.67. The summed E-state index contributed by atoms with van der Waals surface area (Å²) in [5.41, 5.74) is 1.63. The highest BCUT2D eigenvalue weighted by Gasteiger charge is 2.12. The number of rotatable bonds is 6. The molecule has 0 bridgehead atoms. The van der Waals surface area contributed by atoms with E-state index in [1.165, 1.54) is 6.21 Å². The maximum Gasteiger partial charge on any atom is 0.175 e. The third-order valence-corrected chi connectivity index (χ3v) is 4.45. The fraction of sp³-hybridized carbons (Fsp3) is 0.188. The van der Waals surface area contributed by atoms with Crippen molar-refractivity contribution in [2.75, 3.05) is 6.61 Å². The molecule has 0 heterocycles. The first-order chi connectivity index (χ1) is 11.0. The zero-order valence-electron chi connectivity index (χ0n) is 12.2. The SMILES string of the molecule is CCOc1cc(/C=N\O)cc(I)c1OCc1ccc(Cl)c(Cl)c1. The minimum atomic E-state index is 0.334. The van der Waals surface area contributed by atoms with E-state index >= 15 is 0 Å². The first-order valence-corrected chi connectivity index (χ1v) is 8.59. The number of halogens is 3. The highest BCUT2D eigenvalue weighted by atomic mass is 127. The Hall–Kier alpha value is -1.18. The first kappa shape index (κ1) is 18.2. The Morgan fingerprint density at radius 3 is 2.61 bits per heavy atom. The van der Waals surface area contributed by atoms with Gasteiger partial charge in [-0.25, -0.2) is 0 Å². The standard InChI is InChI=1S/C16H14Cl2INO3/c1-2-22-15-7-11(8-20-21)6-14(19)16(15)23-9-10-3-4-12(17)13(18)5-10/h3-8,21H,2,9H2,1H3/b20-8-. The number of benzene rings is 2. The molecular formula is C16H14Cl2INO3. The zero-order chi connectivity index (χ0) is 16.8. The van der Waals surface area contributed by atoms with Crippen LogP contribution in [0.5, 0.6) is 11.5 Å². The van der Waals surface area contributed by atoms with Gasteiger partial charge in [0.15, 0.2) is 11.5 Å². The van der Waals surface area contributed by atoms with Crippen LogP contribution in [0, 0.1) is 3.57 Å². The van der Waals surface area contributed by atoms with E-state index in [-0.39, 0.29) is 0 Å². The third-order valence-electron chi connectivity index (χ3n) is 2.91. The van der Waals surface area contributed by atoms with Crippen molar-refractivity contribution < 1.29 is 14.7 Å². The summed E-state index contributed by atoms with van der Waals surface area (Å²) in [6, 6.07) is 8.96. The third kappa shape index (κ3) is 4.89. The lowest BCUT2D eigenvalue weighted by Crippen LogP contribution is -2.02. The molecule has 0 aliphatic heterocycles. The molecule has 7 heteroatoms. The van der Waals surface area contributed by atoms with Gasteiger partial charge in [-0.05, 0) is 59.3 Å². The molecular weight excluding hydrogens is 452 g/mol. The van der Waals surface area contributed by atoms with Crippen molar-refractivity contribution in [3.05, 3.63) is 55.1 Å². The van der Waals surface area contributed by atoms with E-state index in [0.717, 1.165) is 14.7 Å². The van der Waals surface area contributed by atoms with Crippen molar-refractivity contribution in [1.82, 2.24) is 0 Å². The number of oxime groups is 1. The Bertz CT molecular complexity index is 723. The average molecular weight is 466 g/mol. The molecule has 2 rings (SSSR count). The van der Waals surface area contributed by atoms with Crippen LogP contribution in [0.15, 0.2) is 35.5 Å². The lowest BCUT2D eigenvalue weighted by atomic mass is 10.2. The van der Waals surface area contributed by atoms with E-state index in [4.69, 9.17) is 37.9 Å². The van der Waals surface area contributed by atoms with Crippen LogP contribution >= 0.6 is 45.8 Å². The van der Waals surface area contributed by atoms with Crippen LogP contribution in [0.3, 0.4) is 0 Å². The molecule has 0 saturated carbocycles. The zero-order valence-corrected chi connectivity index (χ0v) is 15.9. The van der Waals surface area contributed by atoms with Crippen LogP contribution in [0.4, 0.5) is 0 Å². The monoisotopic (exact) mass is 465 g/mol. The quantitative estimate of drug-likeness (QED) is 0.269. The molecule has 1 N–H and O–H groups in total. The van der Waals surface area contributed by atoms with E-state index in [9.17, 15) is 0 Å². The second-order valence-corrected chi connectivity index (χ2v) is 6.52. The van der Waals surface area contributed by atoms with Crippen LogP contribution in [-0.2, 0) is 6.61 Å². The summed E-state index contributed by atoms with van der Waals surface area (Å²) in [5.74, 6) is 1.22. The molecule has 0 amide bonds. The van der Waals surface area contributed by atoms with Crippen molar-refractivity contribution in [2.24, 2.45) is 5.16 Å². The van der Waals surface area contributed by atoms with Gasteiger partial charge >= 0.3 is 0 Å². The largest absolute Gasteiger partial charge is 0.490 e. The molecule has 0 unspecified atom stereocenters. The number of hydrogen-bond donors (Lipinski definition) is 1. The topological polar surface area (TPSA) is 51.0 Å². The van der Waals surface area contributed by atoms with E-state index in [1.807, 2.05) is 19.1 Å². The van der Waals surface area contributed by atoms with Crippen LogP contribution in [-0.4, -0.2) is 18.0 Å². The van der Waals surface area contributed by atoms with Crippen molar-refractivity contribution in [1.29, 1.82) is 0 Å². The second kappa shape index (κ2) is 8.61. The molecule has 0 radical (unpaired) electrons. The molecule has 0 aromatic heterocycles. The summed E-state index contributed by atoms with van der Waals surface area (Å²) in [7, 11) is 0. The summed E-state index contributed by atoms with van der Waals surface area (Å²) < 4.78 is 12.4. The first-order valence-electron chi connectivity index (χ1n) is 6.75. The van der Waals surface area contributed by atoms with Crippen LogP contribution in [0.2, 0.25) is 10.0 Å². The molecule has 122 valence electrons. The number of hydrogen-bond acceptors (Lipinski definition) is 4. The van der Waals surface area contributed by atoms with Gasteiger partial charge in [0.2, 0.25) is 0 Å². The minimum Gasteiger partial charge on any atom is -0.490 e. The second-order valence-electron chi connectivity index (χ2n) is 4.54. The highest BCUT2D eigenvalue weighted by molar-refractivity contribution is 14.1. The summed E-state index contributed by atoms with van der Waals surface area (Å²) in [4.78, 5) is 0. The molecule has 0 atom stereocenters. The fourth-order valence-corrected chi connectivity index (χ4v) is 3.02. The van der Waals surface area contributed by atoms with Crippen LogP contribution in [0.25, 0.3) is 0 Å². The number of ether oxygens (including phenoxy) is 2. The Labute approximate surface area is 158 Å². The molecule has 2 aromatic rings. The van der Waals surface area contributed by atoms with Gasteiger partial charge in [-0.3, -0.25) is 0 Å². The van der Waals surface area contributed by atoms with E-state index in [0.29, 0.717) is 34.8 Å². The lowest BCUT2D eigenvalue weighted by Gasteiger charge is -2.15. The van der Waals surface area contributed by atoms with Crippen molar-refractivity contribution >= 4 is 52.0 Å². The van der Waals surface area contributed by atoms with Gasteiger partial charge in [-0.1, -0.05) is 34.4 Å². The van der Waals surface area contributed by atoms with Gasteiger partial charge in [-0.2, -0.15) is 0 Å². The normalized spacial score (nSPS) is 11.0. The Kier molecular flexibility index (Phi) is 6.80. The molecule has 0 saturated heterocycles. The highest BCUT2D eigenvalue weighted by Crippen LogP contribution is 2.35. The smallest absolute Gasteiger partial charge is 0.175 e. The van der Waals surface area contributed by atoms with Crippen LogP contribution < -0.4 is 9.47 Å². The molecule has 0 fully saturated rings. The maximum absolute atomic E-state index is 8.67. The van der Waals surface area contributed by atoms with Gasteiger partial charge < -0.3 is 14.7 Å².